The Balaban J connectivity index is 1.73. The van der Waals surface area contributed by atoms with Crippen molar-refractivity contribution in [1.29, 1.82) is 0 Å². The summed E-state index contributed by atoms with van der Waals surface area (Å²) < 4.78 is 7.69. The second kappa shape index (κ2) is 5.87. The molecule has 1 N–H and O–H groups in total. The number of nitrogens with zero attached hydrogens (tertiary/aromatic N) is 4. The van der Waals surface area contributed by atoms with Crippen molar-refractivity contribution >= 4 is 5.69 Å². The van der Waals surface area contributed by atoms with Crippen molar-refractivity contribution < 1.29 is 4.42 Å². The van der Waals surface area contributed by atoms with E-state index >= 15 is 0 Å². The predicted octanol–water partition coefficient (Wildman–Crippen LogP) is 3.86. The molecule has 0 amide bonds. The molecule has 0 aliphatic heterocycles. The maximum Gasteiger partial charge on any atom is 0.247 e. The number of aromatic nitrogens is 4. The van der Waals surface area contributed by atoms with Crippen molar-refractivity contribution in [1.82, 2.24) is 20.0 Å². The van der Waals surface area contributed by atoms with Crippen molar-refractivity contribution in [2.45, 2.75) is 39.3 Å². The zero-order valence-electron chi connectivity index (χ0n) is 13.8. The fourth-order valence-corrected chi connectivity index (χ4v) is 2.18. The summed E-state index contributed by atoms with van der Waals surface area (Å²) in [6.07, 6.45) is 3.78. The number of rotatable bonds is 4. The topological polar surface area (TPSA) is 68.8 Å². The van der Waals surface area contributed by atoms with E-state index in [2.05, 4.69) is 41.4 Å². The monoisotopic (exact) mass is 311 g/mol. The van der Waals surface area contributed by atoms with Gasteiger partial charge in [0, 0.05) is 11.8 Å². The lowest BCUT2D eigenvalue weighted by Crippen LogP contribution is -2.21. The Hall–Kier alpha value is -2.63. The quantitative estimate of drug-likeness (QED) is 0.792. The van der Waals surface area contributed by atoms with Gasteiger partial charge in [-0.25, -0.2) is 0 Å². The maximum atomic E-state index is 5.77. The number of anilines is 1. The van der Waals surface area contributed by atoms with Crippen molar-refractivity contribution in [3.63, 3.8) is 0 Å². The molecule has 0 fully saturated rings. The van der Waals surface area contributed by atoms with Crippen LogP contribution in [0.1, 0.15) is 39.6 Å². The molecule has 0 saturated carbocycles. The predicted molar refractivity (Wildman–Crippen MR) is 89.0 cm³/mol. The van der Waals surface area contributed by atoms with Crippen molar-refractivity contribution in [2.24, 2.45) is 0 Å². The van der Waals surface area contributed by atoms with E-state index in [1.807, 2.05) is 48.1 Å². The van der Waals surface area contributed by atoms with Gasteiger partial charge in [-0.05, 0) is 39.8 Å². The standard InChI is InChI=1S/C17H21N5O/c1-12(19-14-10-18-22(11-14)17(2,3)4)15-20-21-16(23-15)13-8-6-5-7-9-13/h5-12,19H,1-4H3. The highest BCUT2D eigenvalue weighted by molar-refractivity contribution is 5.52. The zero-order valence-corrected chi connectivity index (χ0v) is 13.8. The normalized spacial score (nSPS) is 13.0. The molecular formula is C17H21N5O. The lowest BCUT2D eigenvalue weighted by molar-refractivity contribution is 0.355. The molecule has 3 rings (SSSR count). The minimum absolute atomic E-state index is 0.0475. The maximum absolute atomic E-state index is 5.77. The van der Waals surface area contributed by atoms with Crippen molar-refractivity contribution in [3.05, 3.63) is 48.6 Å². The van der Waals surface area contributed by atoms with Crippen LogP contribution in [0.15, 0.2) is 47.1 Å². The number of benzene rings is 1. The van der Waals surface area contributed by atoms with Gasteiger partial charge in [-0.1, -0.05) is 18.2 Å². The first-order valence-electron chi connectivity index (χ1n) is 7.64. The zero-order chi connectivity index (χ0) is 16.4. The molecule has 0 bridgehead atoms. The number of hydrogen-bond donors (Lipinski definition) is 1. The van der Waals surface area contributed by atoms with Crippen LogP contribution in [0, 0.1) is 0 Å². The van der Waals surface area contributed by atoms with E-state index in [-0.39, 0.29) is 11.6 Å². The number of nitrogens with one attached hydrogen (secondary N) is 1. The van der Waals surface area contributed by atoms with E-state index in [0.717, 1.165) is 11.3 Å². The van der Waals surface area contributed by atoms with E-state index in [4.69, 9.17) is 4.42 Å². The summed E-state index contributed by atoms with van der Waals surface area (Å²) in [5, 5.41) is 16.0. The summed E-state index contributed by atoms with van der Waals surface area (Å²) in [5.41, 5.74) is 1.79. The molecule has 0 spiro atoms. The Morgan fingerprint density at radius 2 is 1.87 bits per heavy atom. The van der Waals surface area contributed by atoms with Crippen LogP contribution in [-0.4, -0.2) is 20.0 Å². The van der Waals surface area contributed by atoms with E-state index in [0.29, 0.717) is 11.8 Å². The minimum Gasteiger partial charge on any atom is -0.418 e. The van der Waals surface area contributed by atoms with Crippen molar-refractivity contribution in [2.75, 3.05) is 5.32 Å². The van der Waals surface area contributed by atoms with Gasteiger partial charge < -0.3 is 9.73 Å². The van der Waals surface area contributed by atoms with Gasteiger partial charge >= 0.3 is 0 Å². The second-order valence-electron chi connectivity index (χ2n) is 6.52. The Labute approximate surface area is 135 Å². The molecule has 23 heavy (non-hydrogen) atoms. The molecule has 6 nitrogen and oxygen atoms in total. The summed E-state index contributed by atoms with van der Waals surface area (Å²) in [6, 6.07) is 9.64. The molecule has 0 radical (unpaired) electrons. The molecule has 0 saturated heterocycles. The largest absolute Gasteiger partial charge is 0.418 e. The SMILES string of the molecule is CC(Nc1cnn(C(C)(C)C)c1)c1nnc(-c2ccccc2)o1. The van der Waals surface area contributed by atoms with E-state index in [1.54, 1.807) is 6.20 Å². The molecule has 1 aromatic carbocycles. The van der Waals surface area contributed by atoms with Gasteiger partial charge in [0.1, 0.15) is 6.04 Å². The van der Waals surface area contributed by atoms with Gasteiger partial charge in [0.05, 0.1) is 17.4 Å². The van der Waals surface area contributed by atoms with E-state index in [9.17, 15) is 0 Å². The first-order chi connectivity index (χ1) is 10.9. The van der Waals surface area contributed by atoms with Gasteiger partial charge in [-0.3, -0.25) is 4.68 Å². The first kappa shape index (κ1) is 15.3. The van der Waals surface area contributed by atoms with Crippen LogP contribution in [0.3, 0.4) is 0 Å². The molecule has 120 valence electrons. The molecule has 0 aliphatic carbocycles. The average Bonchev–Trinajstić information content (AvgIpc) is 3.16. The third-order valence-corrected chi connectivity index (χ3v) is 3.48. The van der Waals surface area contributed by atoms with E-state index < -0.39 is 0 Å². The second-order valence-corrected chi connectivity index (χ2v) is 6.52. The van der Waals surface area contributed by atoms with Crippen LogP contribution in [0.4, 0.5) is 5.69 Å². The van der Waals surface area contributed by atoms with Crippen molar-refractivity contribution in [3.8, 4) is 11.5 Å². The van der Waals surface area contributed by atoms with Crippen LogP contribution in [0.5, 0.6) is 0 Å². The number of hydrogen-bond acceptors (Lipinski definition) is 5. The smallest absolute Gasteiger partial charge is 0.247 e. The molecule has 1 unspecified atom stereocenters. The lowest BCUT2D eigenvalue weighted by Gasteiger charge is -2.18. The highest BCUT2D eigenvalue weighted by Gasteiger charge is 2.18. The van der Waals surface area contributed by atoms with Crippen LogP contribution in [-0.2, 0) is 5.54 Å². The third-order valence-electron chi connectivity index (χ3n) is 3.48. The summed E-state index contributed by atoms with van der Waals surface area (Å²) in [4.78, 5) is 0. The van der Waals surface area contributed by atoms with Crippen LogP contribution >= 0.6 is 0 Å². The Morgan fingerprint density at radius 3 is 2.52 bits per heavy atom. The van der Waals surface area contributed by atoms with Gasteiger partial charge in [0.15, 0.2) is 0 Å². The summed E-state index contributed by atoms with van der Waals surface area (Å²) in [6.45, 7) is 8.31. The first-order valence-corrected chi connectivity index (χ1v) is 7.64. The third kappa shape index (κ3) is 3.41. The molecule has 1 atom stereocenters. The fourth-order valence-electron chi connectivity index (χ4n) is 2.18. The van der Waals surface area contributed by atoms with Gasteiger partial charge in [-0.15, -0.1) is 10.2 Å². The molecule has 6 heteroatoms. The van der Waals surface area contributed by atoms with E-state index in [1.165, 1.54) is 0 Å². The molecule has 2 aromatic heterocycles. The Kier molecular flexibility index (Phi) is 3.90. The highest BCUT2D eigenvalue weighted by Crippen LogP contribution is 2.23. The summed E-state index contributed by atoms with van der Waals surface area (Å²) >= 11 is 0. The fraction of sp³-hybridized carbons (Fsp3) is 0.353. The molecule has 0 aliphatic rings. The van der Waals surface area contributed by atoms with Gasteiger partial charge in [0.2, 0.25) is 11.8 Å². The highest BCUT2D eigenvalue weighted by atomic mass is 16.4. The molecular weight excluding hydrogens is 290 g/mol. The molecule has 2 heterocycles. The Bertz CT molecular complexity index is 770. The van der Waals surface area contributed by atoms with Gasteiger partial charge in [0.25, 0.3) is 0 Å². The molecule has 3 aromatic rings. The summed E-state index contributed by atoms with van der Waals surface area (Å²) in [7, 11) is 0. The van der Waals surface area contributed by atoms with Gasteiger partial charge in [-0.2, -0.15) is 5.10 Å². The van der Waals surface area contributed by atoms with Crippen LogP contribution < -0.4 is 5.32 Å². The van der Waals surface area contributed by atoms with Crippen LogP contribution in [0.2, 0.25) is 0 Å². The summed E-state index contributed by atoms with van der Waals surface area (Å²) in [5.74, 6) is 1.08. The minimum atomic E-state index is -0.0995. The van der Waals surface area contributed by atoms with Crippen LogP contribution in [0.25, 0.3) is 11.5 Å². The lowest BCUT2D eigenvalue weighted by atomic mass is 10.1. The Morgan fingerprint density at radius 1 is 1.13 bits per heavy atom. The average molecular weight is 311 g/mol.